The van der Waals surface area contributed by atoms with E-state index in [4.69, 9.17) is 4.74 Å². The average molecular weight is 403 g/mol. The van der Waals surface area contributed by atoms with E-state index in [1.807, 2.05) is 48.5 Å². The third-order valence-corrected chi connectivity index (χ3v) is 6.25. The maximum atomic E-state index is 12.5. The first kappa shape index (κ1) is 20.0. The molecule has 2 aromatic rings. The predicted molar refractivity (Wildman–Crippen MR) is 114 cm³/mol. The Balaban J connectivity index is 1.44. The van der Waals surface area contributed by atoms with Crippen LogP contribution in [0.4, 0.5) is 4.79 Å². The highest BCUT2D eigenvalue weighted by Gasteiger charge is 2.48. The topological polar surface area (TPSA) is 75.6 Å². The van der Waals surface area contributed by atoms with Gasteiger partial charge in [0, 0.05) is 23.7 Å². The Morgan fingerprint density at radius 1 is 1.07 bits per heavy atom. The summed E-state index contributed by atoms with van der Waals surface area (Å²) in [7, 11) is 0. The lowest BCUT2D eigenvalue weighted by Crippen LogP contribution is -2.43. The predicted octanol–water partition coefficient (Wildman–Crippen LogP) is 4.42. The zero-order valence-electron chi connectivity index (χ0n) is 16.8. The maximum absolute atomic E-state index is 12.5. The summed E-state index contributed by atoms with van der Waals surface area (Å²) in [5.41, 5.74) is 3.08. The number of allylic oxidation sites excluding steroid dienone is 4. The standard InChI is InChI=1S/C25H25NO4/c1-25-14-8-7-13-20(25)18-11-5-6-12-19(18)21(25)16-30-24(29)26-22(23(27)28)15-17-9-3-2-4-10-17/h2-14,20-22H,15-16H2,1H3,(H,26,29)(H,27,28)/t20?,21?,22-,25?/m0/s1. The van der Waals surface area contributed by atoms with Crippen LogP contribution in [0.3, 0.4) is 0 Å². The van der Waals surface area contributed by atoms with Gasteiger partial charge in [-0.3, -0.25) is 0 Å². The minimum Gasteiger partial charge on any atom is -0.480 e. The first-order valence-corrected chi connectivity index (χ1v) is 10.1. The number of hydrogen-bond donors (Lipinski definition) is 2. The van der Waals surface area contributed by atoms with Gasteiger partial charge >= 0.3 is 12.1 Å². The fraction of sp³-hybridized carbons (Fsp3) is 0.280. The first-order chi connectivity index (χ1) is 14.5. The van der Waals surface area contributed by atoms with E-state index in [1.54, 1.807) is 0 Å². The van der Waals surface area contributed by atoms with E-state index in [1.165, 1.54) is 11.1 Å². The molecule has 2 aromatic carbocycles. The highest BCUT2D eigenvalue weighted by molar-refractivity contribution is 5.80. The quantitative estimate of drug-likeness (QED) is 0.749. The van der Waals surface area contributed by atoms with Crippen molar-refractivity contribution in [2.24, 2.45) is 5.41 Å². The van der Waals surface area contributed by atoms with Crippen molar-refractivity contribution in [3.63, 3.8) is 0 Å². The average Bonchev–Trinajstić information content (AvgIpc) is 3.00. The van der Waals surface area contributed by atoms with Gasteiger partial charge in [0.05, 0.1) is 0 Å². The van der Waals surface area contributed by atoms with Gasteiger partial charge in [-0.15, -0.1) is 0 Å². The molecule has 1 amide bonds. The van der Waals surface area contributed by atoms with Crippen LogP contribution in [0, 0.1) is 5.41 Å². The molecule has 0 saturated heterocycles. The number of carbonyl (C=O) groups excluding carboxylic acids is 1. The molecular formula is C25H25NO4. The highest BCUT2D eigenvalue weighted by atomic mass is 16.5. The Labute approximate surface area is 176 Å². The summed E-state index contributed by atoms with van der Waals surface area (Å²) in [5, 5.41) is 12.0. The lowest BCUT2D eigenvalue weighted by atomic mass is 9.70. The van der Waals surface area contributed by atoms with Crippen LogP contribution in [0.5, 0.6) is 0 Å². The lowest BCUT2D eigenvalue weighted by Gasteiger charge is -2.34. The largest absolute Gasteiger partial charge is 0.480 e. The summed E-state index contributed by atoms with van der Waals surface area (Å²) in [4.78, 5) is 24.1. The molecule has 2 N–H and O–H groups in total. The van der Waals surface area contributed by atoms with E-state index in [-0.39, 0.29) is 30.3 Å². The Bertz CT molecular complexity index is 997. The van der Waals surface area contributed by atoms with Crippen molar-refractivity contribution in [1.29, 1.82) is 0 Å². The second-order valence-electron chi connectivity index (χ2n) is 8.09. The second-order valence-corrected chi connectivity index (χ2v) is 8.09. The molecule has 0 heterocycles. The van der Waals surface area contributed by atoms with Gasteiger partial charge in [-0.05, 0) is 16.7 Å². The minimum absolute atomic E-state index is 0.00283. The number of nitrogens with one attached hydrogen (secondary N) is 1. The summed E-state index contributed by atoms with van der Waals surface area (Å²) in [6.07, 6.45) is 7.96. The molecule has 0 fully saturated rings. The summed E-state index contributed by atoms with van der Waals surface area (Å²) in [6.45, 7) is 2.37. The number of alkyl carbamates (subject to hydrolysis) is 1. The molecule has 0 saturated carbocycles. The molecule has 2 aliphatic rings. The van der Waals surface area contributed by atoms with Crippen LogP contribution in [-0.2, 0) is 16.0 Å². The van der Waals surface area contributed by atoms with Gasteiger partial charge in [0.1, 0.15) is 12.6 Å². The number of amides is 1. The zero-order valence-corrected chi connectivity index (χ0v) is 16.8. The van der Waals surface area contributed by atoms with E-state index in [2.05, 4.69) is 42.6 Å². The van der Waals surface area contributed by atoms with Crippen molar-refractivity contribution in [3.05, 3.63) is 95.6 Å². The van der Waals surface area contributed by atoms with Crippen LogP contribution in [0.2, 0.25) is 0 Å². The molecular weight excluding hydrogens is 378 g/mol. The number of carboxylic acid groups (broad SMARTS) is 1. The van der Waals surface area contributed by atoms with Crippen molar-refractivity contribution in [3.8, 4) is 0 Å². The molecule has 5 nitrogen and oxygen atoms in total. The molecule has 0 bridgehead atoms. The molecule has 3 unspecified atom stereocenters. The molecule has 5 heteroatoms. The number of rotatable bonds is 6. The molecule has 4 atom stereocenters. The molecule has 0 aromatic heterocycles. The molecule has 30 heavy (non-hydrogen) atoms. The first-order valence-electron chi connectivity index (χ1n) is 10.1. The Morgan fingerprint density at radius 3 is 2.50 bits per heavy atom. The van der Waals surface area contributed by atoms with Crippen LogP contribution in [0.25, 0.3) is 0 Å². The summed E-state index contributed by atoms with van der Waals surface area (Å²) >= 11 is 0. The summed E-state index contributed by atoms with van der Waals surface area (Å²) in [6, 6.07) is 16.4. The summed E-state index contributed by atoms with van der Waals surface area (Å²) < 4.78 is 5.54. The van der Waals surface area contributed by atoms with Gasteiger partial charge in [0.2, 0.25) is 0 Å². The summed E-state index contributed by atoms with van der Waals surface area (Å²) in [5.74, 6) is -0.849. The molecule has 0 radical (unpaired) electrons. The maximum Gasteiger partial charge on any atom is 0.407 e. The highest BCUT2D eigenvalue weighted by Crippen LogP contribution is 2.57. The van der Waals surface area contributed by atoms with Crippen molar-refractivity contribution in [2.45, 2.75) is 31.2 Å². The molecule has 2 aliphatic carbocycles. The van der Waals surface area contributed by atoms with Gasteiger partial charge in [-0.1, -0.05) is 85.8 Å². The number of fused-ring (bicyclic) bond motifs is 3. The van der Waals surface area contributed by atoms with Crippen LogP contribution in [0.1, 0.15) is 35.4 Å². The lowest BCUT2D eigenvalue weighted by molar-refractivity contribution is -0.139. The molecule has 0 aliphatic heterocycles. The van der Waals surface area contributed by atoms with Gasteiger partial charge < -0.3 is 15.2 Å². The number of carbonyl (C=O) groups is 2. The van der Waals surface area contributed by atoms with Crippen molar-refractivity contribution in [1.82, 2.24) is 5.32 Å². The minimum atomic E-state index is -1.09. The van der Waals surface area contributed by atoms with Crippen molar-refractivity contribution in [2.75, 3.05) is 6.61 Å². The third-order valence-electron chi connectivity index (χ3n) is 6.25. The monoisotopic (exact) mass is 403 g/mol. The van der Waals surface area contributed by atoms with E-state index in [9.17, 15) is 14.7 Å². The third kappa shape index (κ3) is 3.75. The molecule has 154 valence electrons. The fourth-order valence-electron chi connectivity index (χ4n) is 4.63. The van der Waals surface area contributed by atoms with Gasteiger partial charge in [0.15, 0.2) is 0 Å². The van der Waals surface area contributed by atoms with Gasteiger partial charge in [-0.25, -0.2) is 9.59 Å². The van der Waals surface area contributed by atoms with Crippen molar-refractivity contribution >= 4 is 12.1 Å². The van der Waals surface area contributed by atoms with Crippen LogP contribution >= 0.6 is 0 Å². The number of aliphatic carboxylic acids is 1. The fourth-order valence-corrected chi connectivity index (χ4v) is 4.63. The number of ether oxygens (including phenoxy) is 1. The molecule has 4 rings (SSSR count). The smallest absolute Gasteiger partial charge is 0.407 e. The number of benzene rings is 2. The number of hydrogen-bond acceptors (Lipinski definition) is 3. The van der Waals surface area contributed by atoms with E-state index in [0.29, 0.717) is 0 Å². The Hall–Kier alpha value is -3.34. The number of carboxylic acids is 1. The van der Waals surface area contributed by atoms with Crippen molar-refractivity contribution < 1.29 is 19.4 Å². The van der Waals surface area contributed by atoms with Crippen LogP contribution in [-0.4, -0.2) is 29.8 Å². The van der Waals surface area contributed by atoms with Crippen LogP contribution < -0.4 is 5.32 Å². The van der Waals surface area contributed by atoms with E-state index in [0.717, 1.165) is 5.56 Å². The van der Waals surface area contributed by atoms with Gasteiger partial charge in [0.25, 0.3) is 0 Å². The second kappa shape index (κ2) is 8.19. The Kier molecular flexibility index (Phi) is 5.44. The molecule has 0 spiro atoms. The van der Waals surface area contributed by atoms with Gasteiger partial charge in [-0.2, -0.15) is 0 Å². The SMILES string of the molecule is CC12C=CC=CC1c1ccccc1C2COC(=O)N[C@@H](Cc1ccccc1)C(=O)O. The van der Waals surface area contributed by atoms with E-state index < -0.39 is 18.1 Å². The zero-order chi connectivity index (χ0) is 21.1. The normalized spacial score (nSPS) is 24.6. The Morgan fingerprint density at radius 2 is 1.77 bits per heavy atom. The van der Waals surface area contributed by atoms with E-state index >= 15 is 0 Å². The van der Waals surface area contributed by atoms with Crippen LogP contribution in [0.15, 0.2) is 78.9 Å².